The zero-order valence-corrected chi connectivity index (χ0v) is 16.1. The van der Waals surface area contributed by atoms with Crippen LogP contribution in [0, 0.1) is 0 Å². The van der Waals surface area contributed by atoms with Gasteiger partial charge in [-0.05, 0) is 43.1 Å². The number of fused-ring (bicyclic) bond motifs is 1. The lowest BCUT2D eigenvalue weighted by molar-refractivity contribution is 0.196. The van der Waals surface area contributed by atoms with Crippen LogP contribution in [0.2, 0.25) is 0 Å². The molecule has 0 aliphatic carbocycles. The molecule has 6 heteroatoms. The fourth-order valence-corrected chi connectivity index (χ4v) is 4.34. The highest BCUT2D eigenvalue weighted by Gasteiger charge is 2.25. The Bertz CT molecular complexity index is 1100. The van der Waals surface area contributed by atoms with Gasteiger partial charge in [0.2, 0.25) is 0 Å². The van der Waals surface area contributed by atoms with E-state index in [4.69, 9.17) is 0 Å². The molecule has 4 aromatic rings. The average molecular weight is 372 g/mol. The summed E-state index contributed by atoms with van der Waals surface area (Å²) >= 11 is 0. The molecule has 0 spiro atoms. The van der Waals surface area contributed by atoms with Gasteiger partial charge in [-0.15, -0.1) is 10.2 Å². The first-order valence-electron chi connectivity index (χ1n) is 9.88. The zero-order valence-electron chi connectivity index (χ0n) is 16.1. The molecule has 4 heterocycles. The van der Waals surface area contributed by atoms with Crippen LogP contribution in [0.5, 0.6) is 0 Å². The lowest BCUT2D eigenvalue weighted by Gasteiger charge is -2.32. The third kappa shape index (κ3) is 3.10. The molecule has 1 aromatic carbocycles. The van der Waals surface area contributed by atoms with Crippen LogP contribution in [0.4, 0.5) is 0 Å². The highest BCUT2D eigenvalue weighted by Crippen LogP contribution is 2.29. The van der Waals surface area contributed by atoms with Crippen molar-refractivity contribution in [3.05, 3.63) is 72.3 Å². The summed E-state index contributed by atoms with van der Waals surface area (Å²) in [5.74, 6) is 1.50. The zero-order chi connectivity index (χ0) is 18.9. The highest BCUT2D eigenvalue weighted by atomic mass is 15.3. The number of piperidine rings is 1. The molecule has 1 aliphatic rings. The van der Waals surface area contributed by atoms with Gasteiger partial charge in [0.15, 0.2) is 5.65 Å². The van der Waals surface area contributed by atoms with Crippen molar-refractivity contribution in [2.24, 2.45) is 7.05 Å². The molecule has 1 aliphatic heterocycles. The molecular formula is C22H24N6. The second-order valence-electron chi connectivity index (χ2n) is 7.56. The van der Waals surface area contributed by atoms with Crippen molar-refractivity contribution in [2.75, 3.05) is 13.1 Å². The number of pyridine rings is 1. The smallest absolute Gasteiger partial charge is 0.160 e. The molecule has 3 aromatic heterocycles. The summed E-state index contributed by atoms with van der Waals surface area (Å²) in [7, 11) is 2.00. The molecule has 1 atom stereocenters. The fraction of sp³-hybridized carbons (Fsp3) is 0.318. The number of aryl methyl sites for hydroxylation is 1. The standard InChI is InChI=1S/C22H24N6/c1-26-20(11-12-23-26)19-9-3-2-7-17(19)15-27-13-6-8-18(16-27)22-25-24-21-10-4-5-14-28(21)22/h2-5,7,9-12,14,18H,6,8,13,15-16H2,1H3/t18-/m0/s1. The lowest BCUT2D eigenvalue weighted by atomic mass is 9.96. The normalized spacial score (nSPS) is 18.0. The Morgan fingerprint density at radius 1 is 1.04 bits per heavy atom. The van der Waals surface area contributed by atoms with Gasteiger partial charge in [0.1, 0.15) is 5.82 Å². The molecule has 0 amide bonds. The van der Waals surface area contributed by atoms with E-state index in [-0.39, 0.29) is 0 Å². The van der Waals surface area contributed by atoms with E-state index in [1.54, 1.807) is 0 Å². The molecule has 0 bridgehead atoms. The van der Waals surface area contributed by atoms with Gasteiger partial charge in [-0.2, -0.15) is 5.10 Å². The molecule has 0 unspecified atom stereocenters. The van der Waals surface area contributed by atoms with Crippen LogP contribution in [-0.4, -0.2) is 42.4 Å². The third-order valence-electron chi connectivity index (χ3n) is 5.72. The largest absolute Gasteiger partial charge is 0.298 e. The summed E-state index contributed by atoms with van der Waals surface area (Å²) in [6, 6.07) is 16.8. The SMILES string of the molecule is Cn1nccc1-c1ccccc1CN1CCC[C@H](c2nnc3ccccn23)C1. The fourth-order valence-electron chi connectivity index (χ4n) is 4.34. The summed E-state index contributed by atoms with van der Waals surface area (Å²) in [5.41, 5.74) is 4.69. The van der Waals surface area contributed by atoms with E-state index in [1.165, 1.54) is 17.5 Å². The van der Waals surface area contributed by atoms with E-state index in [2.05, 4.69) is 61.1 Å². The number of rotatable bonds is 4. The van der Waals surface area contributed by atoms with Crippen molar-refractivity contribution in [1.29, 1.82) is 0 Å². The molecule has 6 nitrogen and oxygen atoms in total. The quantitative estimate of drug-likeness (QED) is 0.550. The van der Waals surface area contributed by atoms with Crippen molar-refractivity contribution in [2.45, 2.75) is 25.3 Å². The Morgan fingerprint density at radius 2 is 1.93 bits per heavy atom. The first-order chi connectivity index (χ1) is 13.8. The van der Waals surface area contributed by atoms with Crippen LogP contribution in [-0.2, 0) is 13.6 Å². The van der Waals surface area contributed by atoms with Crippen molar-refractivity contribution in [3.63, 3.8) is 0 Å². The molecule has 0 saturated carbocycles. The van der Waals surface area contributed by atoms with Crippen molar-refractivity contribution in [3.8, 4) is 11.3 Å². The van der Waals surface area contributed by atoms with Gasteiger partial charge < -0.3 is 0 Å². The van der Waals surface area contributed by atoms with Gasteiger partial charge >= 0.3 is 0 Å². The van der Waals surface area contributed by atoms with Crippen LogP contribution in [0.3, 0.4) is 0 Å². The van der Waals surface area contributed by atoms with Crippen molar-refractivity contribution < 1.29 is 0 Å². The average Bonchev–Trinajstić information content (AvgIpc) is 3.35. The maximum atomic E-state index is 4.50. The minimum absolute atomic E-state index is 0.412. The lowest BCUT2D eigenvalue weighted by Crippen LogP contribution is -2.34. The van der Waals surface area contributed by atoms with Gasteiger partial charge in [0.25, 0.3) is 0 Å². The predicted molar refractivity (Wildman–Crippen MR) is 109 cm³/mol. The minimum Gasteiger partial charge on any atom is -0.298 e. The van der Waals surface area contributed by atoms with E-state index in [9.17, 15) is 0 Å². The van der Waals surface area contributed by atoms with E-state index < -0.39 is 0 Å². The maximum Gasteiger partial charge on any atom is 0.160 e. The van der Waals surface area contributed by atoms with E-state index in [1.807, 2.05) is 36.1 Å². The third-order valence-corrected chi connectivity index (χ3v) is 5.72. The van der Waals surface area contributed by atoms with Crippen molar-refractivity contribution in [1.82, 2.24) is 29.3 Å². The second-order valence-corrected chi connectivity index (χ2v) is 7.56. The molecular weight excluding hydrogens is 348 g/mol. The first-order valence-corrected chi connectivity index (χ1v) is 9.88. The van der Waals surface area contributed by atoms with E-state index in [0.29, 0.717) is 5.92 Å². The topological polar surface area (TPSA) is 51.2 Å². The summed E-state index contributed by atoms with van der Waals surface area (Å²) in [6.07, 6.45) is 6.27. The van der Waals surface area contributed by atoms with Crippen molar-refractivity contribution >= 4 is 5.65 Å². The monoisotopic (exact) mass is 372 g/mol. The summed E-state index contributed by atoms with van der Waals surface area (Å²) < 4.78 is 4.08. The Morgan fingerprint density at radius 3 is 2.82 bits per heavy atom. The van der Waals surface area contributed by atoms with Gasteiger partial charge in [0.05, 0.1) is 5.69 Å². The van der Waals surface area contributed by atoms with Gasteiger partial charge in [-0.25, -0.2) is 0 Å². The Kier molecular flexibility index (Phi) is 4.41. The Balaban J connectivity index is 1.39. The molecule has 1 fully saturated rings. The second kappa shape index (κ2) is 7.20. The molecule has 0 N–H and O–H groups in total. The summed E-state index contributed by atoms with van der Waals surface area (Å²) in [4.78, 5) is 2.55. The van der Waals surface area contributed by atoms with Gasteiger partial charge in [-0.1, -0.05) is 30.3 Å². The van der Waals surface area contributed by atoms with E-state index in [0.717, 1.165) is 43.2 Å². The van der Waals surface area contributed by atoms with Crippen LogP contribution in [0.15, 0.2) is 60.9 Å². The molecule has 5 rings (SSSR count). The van der Waals surface area contributed by atoms with Gasteiger partial charge in [-0.3, -0.25) is 14.0 Å². The molecule has 1 saturated heterocycles. The van der Waals surface area contributed by atoms with Crippen LogP contribution in [0.1, 0.15) is 30.1 Å². The Hall–Kier alpha value is -2.99. The Labute approximate surface area is 164 Å². The first kappa shape index (κ1) is 17.1. The highest BCUT2D eigenvalue weighted by molar-refractivity contribution is 5.63. The number of hydrogen-bond acceptors (Lipinski definition) is 4. The molecule has 0 radical (unpaired) electrons. The predicted octanol–water partition coefficient (Wildman–Crippen LogP) is 3.51. The van der Waals surface area contributed by atoms with Crippen LogP contribution < -0.4 is 0 Å². The van der Waals surface area contributed by atoms with Crippen LogP contribution in [0.25, 0.3) is 16.9 Å². The minimum atomic E-state index is 0.412. The number of nitrogens with zero attached hydrogens (tertiary/aromatic N) is 6. The maximum absolute atomic E-state index is 4.50. The number of benzene rings is 1. The molecule has 28 heavy (non-hydrogen) atoms. The number of likely N-dealkylation sites (tertiary alicyclic amines) is 1. The summed E-state index contributed by atoms with van der Waals surface area (Å²) in [6.45, 7) is 3.07. The number of hydrogen-bond donors (Lipinski definition) is 0. The summed E-state index contributed by atoms with van der Waals surface area (Å²) in [5, 5.41) is 13.2. The molecule has 142 valence electrons. The number of aromatic nitrogens is 5. The van der Waals surface area contributed by atoms with E-state index >= 15 is 0 Å². The van der Waals surface area contributed by atoms with Gasteiger partial charge in [0, 0.05) is 44.0 Å². The van der Waals surface area contributed by atoms with Crippen LogP contribution >= 0.6 is 0 Å².